The highest BCUT2D eigenvalue weighted by Gasteiger charge is 2.20. The number of rotatable bonds is 8. The molecule has 2 rings (SSSR count). The van der Waals surface area contributed by atoms with Gasteiger partial charge in [0, 0.05) is 25.8 Å². The van der Waals surface area contributed by atoms with Crippen LogP contribution in [0.2, 0.25) is 0 Å². The molecule has 1 saturated heterocycles. The number of pyridine rings is 1. The van der Waals surface area contributed by atoms with E-state index in [-0.39, 0.29) is 5.91 Å². The maximum absolute atomic E-state index is 12.6. The van der Waals surface area contributed by atoms with Gasteiger partial charge < -0.3 is 15.0 Å². The number of hydrogen-bond donors (Lipinski definition) is 1. The predicted molar refractivity (Wildman–Crippen MR) is 92.9 cm³/mol. The van der Waals surface area contributed by atoms with Crippen LogP contribution in [0, 0.1) is 5.92 Å². The number of anilines is 1. The number of unbranched alkanes of at least 4 members (excludes halogenated alkanes) is 1. The van der Waals surface area contributed by atoms with Gasteiger partial charge in [-0.15, -0.1) is 0 Å². The van der Waals surface area contributed by atoms with Crippen LogP contribution in [0.4, 0.5) is 5.82 Å². The number of hydrogen-bond acceptors (Lipinski definition) is 4. The van der Waals surface area contributed by atoms with Gasteiger partial charge in [-0.3, -0.25) is 4.79 Å². The van der Waals surface area contributed by atoms with E-state index in [0.717, 1.165) is 31.9 Å². The second kappa shape index (κ2) is 9.50. The van der Waals surface area contributed by atoms with Gasteiger partial charge in [0.1, 0.15) is 5.82 Å². The lowest BCUT2D eigenvalue weighted by Crippen LogP contribution is -2.39. The van der Waals surface area contributed by atoms with Gasteiger partial charge in [0.25, 0.3) is 5.91 Å². The van der Waals surface area contributed by atoms with Crippen LogP contribution >= 0.6 is 0 Å². The molecule has 1 aromatic rings. The summed E-state index contributed by atoms with van der Waals surface area (Å²) >= 11 is 0. The molecule has 1 aliphatic rings. The number of carbonyl (C=O) groups is 1. The van der Waals surface area contributed by atoms with Gasteiger partial charge in [-0.2, -0.15) is 0 Å². The molecule has 1 aliphatic heterocycles. The van der Waals surface area contributed by atoms with Gasteiger partial charge in [-0.1, -0.05) is 33.1 Å². The van der Waals surface area contributed by atoms with Gasteiger partial charge in [0.2, 0.25) is 0 Å². The predicted octanol–water partition coefficient (Wildman–Crippen LogP) is 2.86. The highest BCUT2D eigenvalue weighted by Crippen LogP contribution is 2.19. The largest absolute Gasteiger partial charge is 0.378 e. The average Bonchev–Trinajstić information content (AvgIpc) is 2.62. The Hall–Kier alpha value is -1.62. The summed E-state index contributed by atoms with van der Waals surface area (Å²) in [5.41, 5.74) is 0.666. The number of amides is 1. The highest BCUT2D eigenvalue weighted by atomic mass is 16.5. The first-order valence-electron chi connectivity index (χ1n) is 8.82. The summed E-state index contributed by atoms with van der Waals surface area (Å²) in [6.45, 7) is 8.08. The Morgan fingerprint density at radius 2 is 2.17 bits per heavy atom. The third-order valence-electron chi connectivity index (χ3n) is 4.44. The number of ether oxygens (including phenoxy) is 1. The van der Waals surface area contributed by atoms with Crippen molar-refractivity contribution in [2.45, 2.75) is 39.5 Å². The topological polar surface area (TPSA) is 54.5 Å². The van der Waals surface area contributed by atoms with Crippen LogP contribution in [-0.4, -0.2) is 43.7 Å². The van der Waals surface area contributed by atoms with Crippen molar-refractivity contribution in [3.63, 3.8) is 0 Å². The van der Waals surface area contributed by atoms with Crippen molar-refractivity contribution in [3.8, 4) is 0 Å². The van der Waals surface area contributed by atoms with Gasteiger partial charge in [-0.05, 0) is 24.5 Å². The van der Waals surface area contributed by atoms with E-state index in [4.69, 9.17) is 4.74 Å². The number of nitrogens with one attached hydrogen (secondary N) is 1. The van der Waals surface area contributed by atoms with Crippen LogP contribution in [0.1, 0.15) is 49.9 Å². The van der Waals surface area contributed by atoms with E-state index < -0.39 is 0 Å². The van der Waals surface area contributed by atoms with Gasteiger partial charge >= 0.3 is 0 Å². The van der Waals surface area contributed by atoms with E-state index in [9.17, 15) is 4.79 Å². The zero-order valence-electron chi connectivity index (χ0n) is 14.4. The highest BCUT2D eigenvalue weighted by molar-refractivity contribution is 5.98. The summed E-state index contributed by atoms with van der Waals surface area (Å²) in [6.07, 6.45) is 6.45. The van der Waals surface area contributed by atoms with E-state index in [1.807, 2.05) is 12.1 Å². The fraction of sp³-hybridized carbons (Fsp3) is 0.667. The van der Waals surface area contributed by atoms with Gasteiger partial charge in [0.15, 0.2) is 0 Å². The first-order valence-corrected chi connectivity index (χ1v) is 8.82. The summed E-state index contributed by atoms with van der Waals surface area (Å²) in [5.74, 6) is 1.31. The fourth-order valence-electron chi connectivity index (χ4n) is 2.88. The molecule has 1 unspecified atom stereocenters. The zero-order chi connectivity index (χ0) is 16.5. The lowest BCUT2D eigenvalue weighted by atomic mass is 9.99. The van der Waals surface area contributed by atoms with Gasteiger partial charge in [-0.25, -0.2) is 4.98 Å². The van der Waals surface area contributed by atoms with Crippen molar-refractivity contribution in [2.24, 2.45) is 5.92 Å². The van der Waals surface area contributed by atoms with Gasteiger partial charge in [0.05, 0.1) is 18.8 Å². The molecule has 5 heteroatoms. The molecular weight excluding hydrogens is 290 g/mol. The minimum atomic E-state index is -0.0189. The first kappa shape index (κ1) is 17.7. The van der Waals surface area contributed by atoms with Crippen molar-refractivity contribution < 1.29 is 9.53 Å². The van der Waals surface area contributed by atoms with E-state index in [1.54, 1.807) is 6.20 Å². The Bertz CT molecular complexity index is 487. The molecule has 23 heavy (non-hydrogen) atoms. The van der Waals surface area contributed by atoms with Crippen molar-refractivity contribution >= 4 is 11.7 Å². The maximum Gasteiger partial charge on any atom is 0.255 e. The second-order valence-corrected chi connectivity index (χ2v) is 6.10. The molecule has 0 saturated carbocycles. The second-order valence-electron chi connectivity index (χ2n) is 6.10. The monoisotopic (exact) mass is 319 g/mol. The number of morpholine rings is 1. The summed E-state index contributed by atoms with van der Waals surface area (Å²) < 4.78 is 5.38. The number of aromatic nitrogens is 1. The molecule has 0 bridgehead atoms. The molecule has 1 fully saturated rings. The van der Waals surface area contributed by atoms with E-state index in [0.29, 0.717) is 24.7 Å². The summed E-state index contributed by atoms with van der Waals surface area (Å²) in [6, 6.07) is 3.69. The Morgan fingerprint density at radius 3 is 2.87 bits per heavy atom. The van der Waals surface area contributed by atoms with Crippen LogP contribution in [0.25, 0.3) is 0 Å². The van der Waals surface area contributed by atoms with Crippen molar-refractivity contribution in [1.82, 2.24) is 10.3 Å². The Morgan fingerprint density at radius 1 is 1.39 bits per heavy atom. The standard InChI is InChI=1S/C18H29N3O2/c1-3-5-7-15(4-2)14-20-18(22)16-8-6-9-19-17(16)21-10-12-23-13-11-21/h6,8-9,15H,3-5,7,10-14H2,1-2H3,(H,20,22). The molecule has 1 atom stereocenters. The molecule has 5 nitrogen and oxygen atoms in total. The van der Waals surface area contributed by atoms with Crippen LogP contribution < -0.4 is 10.2 Å². The lowest BCUT2D eigenvalue weighted by molar-refractivity contribution is 0.0944. The summed E-state index contributed by atoms with van der Waals surface area (Å²) in [4.78, 5) is 19.2. The van der Waals surface area contributed by atoms with Crippen LogP contribution in [0.15, 0.2) is 18.3 Å². The van der Waals surface area contributed by atoms with Crippen molar-refractivity contribution in [2.75, 3.05) is 37.7 Å². The first-order chi connectivity index (χ1) is 11.3. The minimum absolute atomic E-state index is 0.0189. The molecule has 128 valence electrons. The van der Waals surface area contributed by atoms with Crippen LogP contribution in [0.5, 0.6) is 0 Å². The average molecular weight is 319 g/mol. The maximum atomic E-state index is 12.6. The molecule has 0 spiro atoms. The third kappa shape index (κ3) is 5.20. The summed E-state index contributed by atoms with van der Waals surface area (Å²) in [5, 5.41) is 3.10. The summed E-state index contributed by atoms with van der Waals surface area (Å²) in [7, 11) is 0. The minimum Gasteiger partial charge on any atom is -0.378 e. The van der Waals surface area contributed by atoms with E-state index >= 15 is 0 Å². The smallest absolute Gasteiger partial charge is 0.255 e. The van der Waals surface area contributed by atoms with Crippen molar-refractivity contribution in [3.05, 3.63) is 23.9 Å². The van der Waals surface area contributed by atoms with E-state index in [1.165, 1.54) is 19.3 Å². The third-order valence-corrected chi connectivity index (χ3v) is 4.44. The molecule has 0 aliphatic carbocycles. The molecule has 0 radical (unpaired) electrons. The molecule has 0 aromatic carbocycles. The van der Waals surface area contributed by atoms with Crippen LogP contribution in [-0.2, 0) is 4.74 Å². The Labute approximate surface area is 139 Å². The Balaban J connectivity index is 1.98. The quantitative estimate of drug-likeness (QED) is 0.800. The molecular formula is C18H29N3O2. The molecule has 2 heterocycles. The normalized spacial score (nSPS) is 16.2. The lowest BCUT2D eigenvalue weighted by Gasteiger charge is -2.29. The Kier molecular flexibility index (Phi) is 7.33. The van der Waals surface area contributed by atoms with E-state index in [2.05, 4.69) is 29.0 Å². The number of nitrogens with zero attached hydrogens (tertiary/aromatic N) is 2. The molecule has 1 amide bonds. The SMILES string of the molecule is CCCCC(CC)CNC(=O)c1cccnc1N1CCOCC1. The molecule has 1 aromatic heterocycles. The number of carbonyl (C=O) groups excluding carboxylic acids is 1. The molecule has 1 N–H and O–H groups in total. The zero-order valence-corrected chi connectivity index (χ0v) is 14.4. The van der Waals surface area contributed by atoms with Crippen molar-refractivity contribution in [1.29, 1.82) is 0 Å². The van der Waals surface area contributed by atoms with Crippen LogP contribution in [0.3, 0.4) is 0 Å². The fourth-order valence-corrected chi connectivity index (χ4v) is 2.88.